The van der Waals surface area contributed by atoms with Crippen LogP contribution in [-0.2, 0) is 19.3 Å². The Hall–Kier alpha value is -0.900. The maximum absolute atomic E-state index is 2.59. The largest absolute Gasteiger partial charge is 0.143 e. The monoisotopic (exact) mass is 753 g/mol. The minimum absolute atomic E-state index is 1.24. The molecule has 0 aliphatic heterocycles. The van der Waals surface area contributed by atoms with Crippen LogP contribution in [0.5, 0.6) is 0 Å². The second-order valence-electron chi connectivity index (χ2n) is 15.9. The number of unbranched alkanes of at least 4 members (excludes halogenated alkanes) is 27. The van der Waals surface area contributed by atoms with Crippen molar-refractivity contribution in [2.24, 2.45) is 0 Å². The fourth-order valence-electron chi connectivity index (χ4n) is 7.64. The lowest BCUT2D eigenvalue weighted by molar-refractivity contribution is 0.556. The van der Waals surface area contributed by atoms with E-state index in [4.69, 9.17) is 0 Å². The Kier molecular flexibility index (Phi) is 26.5. The molecular weight excluding hydrogens is 673 g/mol. The third-order valence-corrected chi connectivity index (χ3v) is 14.5. The lowest BCUT2D eigenvalue weighted by Gasteiger charge is -2.04. The molecule has 3 heterocycles. The first-order valence-corrected chi connectivity index (χ1v) is 25.1. The van der Waals surface area contributed by atoms with Gasteiger partial charge in [0.05, 0.1) is 0 Å². The highest BCUT2D eigenvalue weighted by Crippen LogP contribution is 2.43. The molecule has 0 nitrogen and oxygen atoms in total. The maximum Gasteiger partial charge on any atom is 0.0481 e. The molecule has 0 aliphatic carbocycles. The molecule has 0 atom stereocenters. The summed E-state index contributed by atoms with van der Waals surface area (Å²) in [4.78, 5) is 6.11. The van der Waals surface area contributed by atoms with Crippen molar-refractivity contribution in [3.8, 4) is 19.5 Å². The van der Waals surface area contributed by atoms with Crippen molar-refractivity contribution in [3.05, 3.63) is 45.6 Å². The zero-order valence-corrected chi connectivity index (χ0v) is 36.4. The molecule has 3 aromatic heterocycles. The van der Waals surface area contributed by atoms with E-state index in [-0.39, 0.29) is 0 Å². The number of hydrogen-bond acceptors (Lipinski definition) is 3. The van der Waals surface area contributed by atoms with E-state index in [2.05, 4.69) is 61.1 Å². The Morgan fingerprint density at radius 2 is 0.667 bits per heavy atom. The van der Waals surface area contributed by atoms with Gasteiger partial charge in [0.1, 0.15) is 0 Å². The molecule has 0 bridgehead atoms. The third kappa shape index (κ3) is 20.4. The van der Waals surface area contributed by atoms with Gasteiger partial charge in [0.15, 0.2) is 0 Å². The van der Waals surface area contributed by atoms with Crippen molar-refractivity contribution in [2.75, 3.05) is 0 Å². The summed E-state index contributed by atoms with van der Waals surface area (Å²) in [5.41, 5.74) is 4.76. The summed E-state index contributed by atoms with van der Waals surface area (Å²) in [6.07, 6.45) is 46.2. The SMILES string of the molecule is CCCCCCCCCCCCc1csc(-c2cc(CCCCCCCCCCCC)c(-c3cc(CCCCCCCCCCCC)cs3)s2)c1. The zero-order chi connectivity index (χ0) is 36.0. The van der Waals surface area contributed by atoms with Crippen LogP contribution >= 0.6 is 34.0 Å². The van der Waals surface area contributed by atoms with Crippen LogP contribution in [0.15, 0.2) is 29.0 Å². The van der Waals surface area contributed by atoms with Gasteiger partial charge in [0, 0.05) is 19.5 Å². The lowest BCUT2D eigenvalue weighted by atomic mass is 10.0. The van der Waals surface area contributed by atoms with E-state index in [1.54, 1.807) is 21.6 Å². The molecule has 0 aliphatic rings. The summed E-state index contributed by atoms with van der Waals surface area (Å²) in [6, 6.07) is 7.68. The molecule has 290 valence electrons. The Morgan fingerprint density at radius 1 is 0.333 bits per heavy atom. The van der Waals surface area contributed by atoms with Gasteiger partial charge in [-0.2, -0.15) is 0 Å². The molecule has 51 heavy (non-hydrogen) atoms. The molecule has 0 aromatic carbocycles. The molecule has 0 saturated carbocycles. The van der Waals surface area contributed by atoms with Gasteiger partial charge in [-0.1, -0.05) is 194 Å². The van der Waals surface area contributed by atoms with Gasteiger partial charge in [0.25, 0.3) is 0 Å². The van der Waals surface area contributed by atoms with Gasteiger partial charge in [-0.25, -0.2) is 0 Å². The Balaban J connectivity index is 1.48. The predicted molar refractivity (Wildman–Crippen MR) is 238 cm³/mol. The van der Waals surface area contributed by atoms with E-state index in [1.165, 1.54) is 227 Å². The van der Waals surface area contributed by atoms with E-state index in [0.717, 1.165) is 0 Å². The highest BCUT2D eigenvalue weighted by atomic mass is 32.1. The minimum Gasteiger partial charge on any atom is -0.143 e. The topological polar surface area (TPSA) is 0 Å². The number of hydrogen-bond donors (Lipinski definition) is 0. The van der Waals surface area contributed by atoms with E-state index in [0.29, 0.717) is 0 Å². The van der Waals surface area contributed by atoms with Crippen molar-refractivity contribution in [3.63, 3.8) is 0 Å². The summed E-state index contributed by atoms with van der Waals surface area (Å²) in [6.45, 7) is 6.94. The van der Waals surface area contributed by atoms with Crippen LogP contribution in [0.1, 0.15) is 230 Å². The average Bonchev–Trinajstić information content (AvgIpc) is 3.91. The first kappa shape index (κ1) is 44.5. The molecule has 3 heteroatoms. The normalized spacial score (nSPS) is 11.7. The van der Waals surface area contributed by atoms with Crippen LogP contribution < -0.4 is 0 Å². The molecule has 0 fully saturated rings. The molecule has 0 spiro atoms. The molecule has 0 unspecified atom stereocenters. The lowest BCUT2D eigenvalue weighted by Crippen LogP contribution is -1.87. The van der Waals surface area contributed by atoms with Gasteiger partial charge in [-0.15, -0.1) is 34.0 Å². The van der Waals surface area contributed by atoms with Crippen molar-refractivity contribution in [1.82, 2.24) is 0 Å². The summed E-state index contributed by atoms with van der Waals surface area (Å²) in [5, 5.41) is 4.93. The van der Waals surface area contributed by atoms with Crippen molar-refractivity contribution in [2.45, 2.75) is 233 Å². The molecule has 0 amide bonds. The first-order chi connectivity index (χ1) is 25.2. The van der Waals surface area contributed by atoms with Crippen molar-refractivity contribution < 1.29 is 0 Å². The van der Waals surface area contributed by atoms with E-state index >= 15 is 0 Å². The summed E-state index contributed by atoms with van der Waals surface area (Å²) < 4.78 is 0. The van der Waals surface area contributed by atoms with E-state index < -0.39 is 0 Å². The second-order valence-corrected chi connectivity index (χ2v) is 18.8. The summed E-state index contributed by atoms with van der Waals surface area (Å²) >= 11 is 6.08. The molecule has 3 rings (SSSR count). The number of aryl methyl sites for hydroxylation is 3. The minimum atomic E-state index is 1.24. The van der Waals surface area contributed by atoms with Crippen molar-refractivity contribution >= 4 is 34.0 Å². The Labute approximate surface area is 330 Å². The van der Waals surface area contributed by atoms with Crippen LogP contribution in [0.4, 0.5) is 0 Å². The number of thiophene rings is 3. The Morgan fingerprint density at radius 3 is 1.08 bits per heavy atom. The van der Waals surface area contributed by atoms with Gasteiger partial charge >= 0.3 is 0 Å². The van der Waals surface area contributed by atoms with Gasteiger partial charge in [-0.3, -0.25) is 0 Å². The van der Waals surface area contributed by atoms with Crippen molar-refractivity contribution in [1.29, 1.82) is 0 Å². The fourth-order valence-corrected chi connectivity index (χ4v) is 11.0. The molecule has 0 N–H and O–H groups in total. The summed E-state index contributed by atoms with van der Waals surface area (Å²) in [7, 11) is 0. The van der Waals surface area contributed by atoms with E-state index in [9.17, 15) is 0 Å². The predicted octanol–water partition coefficient (Wildman–Crippen LogP) is 18.6. The smallest absolute Gasteiger partial charge is 0.0481 e. The molecule has 0 saturated heterocycles. The van der Waals surface area contributed by atoms with Crippen LogP contribution in [0.3, 0.4) is 0 Å². The maximum atomic E-state index is 2.59. The van der Waals surface area contributed by atoms with Gasteiger partial charge < -0.3 is 0 Å². The highest BCUT2D eigenvalue weighted by molar-refractivity contribution is 7.26. The third-order valence-electron chi connectivity index (χ3n) is 11.0. The van der Waals surface area contributed by atoms with Gasteiger partial charge in [0.2, 0.25) is 0 Å². The van der Waals surface area contributed by atoms with E-state index in [1.807, 2.05) is 22.7 Å². The average molecular weight is 753 g/mol. The van der Waals surface area contributed by atoms with Gasteiger partial charge in [-0.05, 0) is 84.2 Å². The standard InChI is InChI=1S/C48H80S3/c1-4-7-10-13-16-19-22-25-28-31-34-42-37-45(49-40-42)46-39-44(36-33-30-27-24-21-18-15-12-9-6-3)48(51-46)47-38-43(41-50-47)35-32-29-26-23-20-17-14-11-8-5-2/h37-41H,4-36H2,1-3H3. The molecule has 3 aromatic rings. The number of rotatable bonds is 35. The second kappa shape index (κ2) is 30.4. The quantitative estimate of drug-likeness (QED) is 0.0525. The first-order valence-electron chi connectivity index (χ1n) is 22.5. The van der Waals surface area contributed by atoms with Crippen LogP contribution in [0.2, 0.25) is 0 Å². The van der Waals surface area contributed by atoms with Crippen LogP contribution in [-0.4, -0.2) is 0 Å². The van der Waals surface area contributed by atoms with Crippen LogP contribution in [0, 0.1) is 0 Å². The van der Waals surface area contributed by atoms with Crippen LogP contribution in [0.25, 0.3) is 19.5 Å². The summed E-state index contributed by atoms with van der Waals surface area (Å²) in [5.74, 6) is 0. The molecule has 0 radical (unpaired) electrons. The molecular formula is C48H80S3. The zero-order valence-electron chi connectivity index (χ0n) is 33.9. The highest BCUT2D eigenvalue weighted by Gasteiger charge is 2.16. The fraction of sp³-hybridized carbons (Fsp3) is 0.750. The Bertz CT molecular complexity index is 1190.